The summed E-state index contributed by atoms with van der Waals surface area (Å²) in [6.07, 6.45) is 0. The van der Waals surface area contributed by atoms with Crippen molar-refractivity contribution < 1.29 is 4.79 Å². The Morgan fingerprint density at radius 1 is 1.44 bits per heavy atom. The lowest BCUT2D eigenvalue weighted by molar-refractivity contribution is -0.119. The van der Waals surface area contributed by atoms with Gasteiger partial charge in [0.15, 0.2) is 0 Å². The first-order valence-electron chi connectivity index (χ1n) is 5.68. The summed E-state index contributed by atoms with van der Waals surface area (Å²) in [5.74, 6) is 0.470. The van der Waals surface area contributed by atoms with Crippen LogP contribution in [-0.2, 0) is 4.79 Å². The normalized spacial score (nSPS) is 19.4. The Balaban J connectivity index is 2.42. The number of rotatable bonds is 2. The standard InChI is InChI=1S/C13H18N2O/c1-8(2)7-15-11-5-4-9(3)6-10(11)12(14)13(15)16/h4-6,8,12H,7,14H2,1-3H3/t12-/m0/s1. The Morgan fingerprint density at radius 3 is 2.75 bits per heavy atom. The van der Waals surface area contributed by atoms with E-state index in [0.29, 0.717) is 5.92 Å². The molecule has 0 fully saturated rings. The molecular weight excluding hydrogens is 200 g/mol. The third-order valence-electron chi connectivity index (χ3n) is 2.89. The highest BCUT2D eigenvalue weighted by atomic mass is 16.2. The van der Waals surface area contributed by atoms with Crippen LogP contribution in [0.25, 0.3) is 0 Å². The number of carbonyl (C=O) groups is 1. The molecule has 2 rings (SSSR count). The van der Waals surface area contributed by atoms with Gasteiger partial charge in [0.2, 0.25) is 5.91 Å². The van der Waals surface area contributed by atoms with Crippen molar-refractivity contribution in [1.82, 2.24) is 0 Å². The Bertz CT molecular complexity index is 426. The molecule has 86 valence electrons. The SMILES string of the molecule is Cc1ccc2c(c1)[C@H](N)C(=O)N2CC(C)C. The van der Waals surface area contributed by atoms with Crippen LogP contribution in [0.5, 0.6) is 0 Å². The van der Waals surface area contributed by atoms with Gasteiger partial charge in [0.05, 0.1) is 0 Å². The van der Waals surface area contributed by atoms with Crippen molar-refractivity contribution in [3.8, 4) is 0 Å². The van der Waals surface area contributed by atoms with Crippen molar-refractivity contribution in [2.75, 3.05) is 11.4 Å². The van der Waals surface area contributed by atoms with Crippen LogP contribution >= 0.6 is 0 Å². The molecule has 0 spiro atoms. The van der Waals surface area contributed by atoms with Crippen molar-refractivity contribution in [2.45, 2.75) is 26.8 Å². The van der Waals surface area contributed by atoms with Gasteiger partial charge in [-0.15, -0.1) is 0 Å². The molecule has 3 nitrogen and oxygen atoms in total. The third kappa shape index (κ3) is 1.71. The molecule has 16 heavy (non-hydrogen) atoms. The largest absolute Gasteiger partial charge is 0.316 e. The lowest BCUT2D eigenvalue weighted by atomic mass is 10.1. The van der Waals surface area contributed by atoms with Crippen LogP contribution in [0.4, 0.5) is 5.69 Å². The Morgan fingerprint density at radius 2 is 2.12 bits per heavy atom. The van der Waals surface area contributed by atoms with E-state index in [1.807, 2.05) is 30.0 Å². The topological polar surface area (TPSA) is 46.3 Å². The van der Waals surface area contributed by atoms with Gasteiger partial charge >= 0.3 is 0 Å². The summed E-state index contributed by atoms with van der Waals surface area (Å²) < 4.78 is 0. The van der Waals surface area contributed by atoms with Crippen molar-refractivity contribution in [2.24, 2.45) is 11.7 Å². The lowest BCUT2D eigenvalue weighted by Gasteiger charge is -2.19. The van der Waals surface area contributed by atoms with Crippen LogP contribution in [0.3, 0.4) is 0 Å². The monoisotopic (exact) mass is 218 g/mol. The smallest absolute Gasteiger partial charge is 0.248 e. The maximum absolute atomic E-state index is 12.0. The van der Waals surface area contributed by atoms with Gasteiger partial charge in [-0.1, -0.05) is 31.5 Å². The highest BCUT2D eigenvalue weighted by Gasteiger charge is 2.34. The van der Waals surface area contributed by atoms with Crippen molar-refractivity contribution >= 4 is 11.6 Å². The van der Waals surface area contributed by atoms with Gasteiger partial charge in [-0.3, -0.25) is 4.79 Å². The van der Waals surface area contributed by atoms with Crippen molar-refractivity contribution in [3.63, 3.8) is 0 Å². The molecule has 1 aromatic carbocycles. The zero-order valence-corrected chi connectivity index (χ0v) is 10.0. The van der Waals surface area contributed by atoms with Gasteiger partial charge in [-0.05, 0) is 18.9 Å². The minimum absolute atomic E-state index is 0.0225. The van der Waals surface area contributed by atoms with Crippen LogP contribution in [0.15, 0.2) is 18.2 Å². The molecular formula is C13H18N2O. The van der Waals surface area contributed by atoms with Gasteiger partial charge in [0.1, 0.15) is 6.04 Å². The van der Waals surface area contributed by atoms with Crippen LogP contribution in [-0.4, -0.2) is 12.5 Å². The highest BCUT2D eigenvalue weighted by molar-refractivity contribution is 6.04. The predicted molar refractivity (Wildman–Crippen MR) is 65.3 cm³/mol. The number of nitrogens with zero attached hydrogens (tertiary/aromatic N) is 1. The van der Waals surface area contributed by atoms with E-state index in [4.69, 9.17) is 5.73 Å². The number of carbonyl (C=O) groups excluding carboxylic acids is 1. The van der Waals surface area contributed by atoms with Crippen LogP contribution < -0.4 is 10.6 Å². The highest BCUT2D eigenvalue weighted by Crippen LogP contribution is 2.35. The quantitative estimate of drug-likeness (QED) is 0.825. The number of hydrogen-bond acceptors (Lipinski definition) is 2. The molecule has 1 heterocycles. The van der Waals surface area contributed by atoms with Crippen molar-refractivity contribution in [3.05, 3.63) is 29.3 Å². The van der Waals surface area contributed by atoms with Gasteiger partial charge < -0.3 is 10.6 Å². The molecule has 0 aliphatic carbocycles. The molecule has 1 amide bonds. The number of amides is 1. The van der Waals surface area contributed by atoms with Gasteiger partial charge in [-0.25, -0.2) is 0 Å². The van der Waals surface area contributed by atoms with E-state index in [2.05, 4.69) is 13.8 Å². The summed E-state index contributed by atoms with van der Waals surface area (Å²) >= 11 is 0. The fraction of sp³-hybridized carbons (Fsp3) is 0.462. The van der Waals surface area contributed by atoms with E-state index in [1.165, 1.54) is 0 Å². The molecule has 0 bridgehead atoms. The molecule has 1 aliphatic rings. The molecule has 0 unspecified atom stereocenters. The summed E-state index contributed by atoms with van der Waals surface area (Å²) in [6, 6.07) is 5.56. The van der Waals surface area contributed by atoms with Crippen LogP contribution in [0, 0.1) is 12.8 Å². The Kier molecular flexibility index (Phi) is 2.72. The summed E-state index contributed by atoms with van der Waals surface area (Å²) in [5, 5.41) is 0. The van der Waals surface area contributed by atoms with Crippen LogP contribution in [0.2, 0.25) is 0 Å². The molecule has 0 aromatic heterocycles. The fourth-order valence-corrected chi connectivity index (χ4v) is 2.14. The third-order valence-corrected chi connectivity index (χ3v) is 2.89. The molecule has 1 aliphatic heterocycles. The second-order valence-corrected chi connectivity index (χ2v) is 4.88. The van der Waals surface area contributed by atoms with Crippen LogP contribution in [0.1, 0.15) is 31.0 Å². The van der Waals surface area contributed by atoms with Gasteiger partial charge in [0, 0.05) is 17.8 Å². The summed E-state index contributed by atoms with van der Waals surface area (Å²) in [5.41, 5.74) is 9.03. The summed E-state index contributed by atoms with van der Waals surface area (Å²) in [6.45, 7) is 6.96. The van der Waals surface area contributed by atoms with E-state index in [0.717, 1.165) is 23.4 Å². The molecule has 0 radical (unpaired) electrons. The number of fused-ring (bicyclic) bond motifs is 1. The molecule has 0 saturated heterocycles. The molecule has 2 N–H and O–H groups in total. The zero-order valence-electron chi connectivity index (χ0n) is 10.0. The van der Waals surface area contributed by atoms with E-state index in [1.54, 1.807) is 0 Å². The first kappa shape index (κ1) is 11.1. The van der Waals surface area contributed by atoms with Crippen molar-refractivity contribution in [1.29, 1.82) is 0 Å². The molecule has 1 atom stereocenters. The minimum atomic E-state index is -0.478. The first-order chi connectivity index (χ1) is 7.50. The zero-order chi connectivity index (χ0) is 11.9. The molecule has 1 aromatic rings. The summed E-state index contributed by atoms with van der Waals surface area (Å²) in [7, 11) is 0. The average Bonchev–Trinajstić information content (AvgIpc) is 2.43. The van der Waals surface area contributed by atoms with E-state index >= 15 is 0 Å². The molecule has 0 saturated carbocycles. The van der Waals surface area contributed by atoms with E-state index in [-0.39, 0.29) is 5.91 Å². The first-order valence-corrected chi connectivity index (χ1v) is 5.68. The maximum atomic E-state index is 12.0. The number of benzene rings is 1. The summed E-state index contributed by atoms with van der Waals surface area (Å²) in [4.78, 5) is 13.8. The average molecular weight is 218 g/mol. The molecule has 3 heteroatoms. The Labute approximate surface area is 96.2 Å². The number of aryl methyl sites for hydroxylation is 1. The maximum Gasteiger partial charge on any atom is 0.248 e. The predicted octanol–water partition coefficient (Wildman–Crippen LogP) is 2.00. The van der Waals surface area contributed by atoms with Gasteiger partial charge in [-0.2, -0.15) is 0 Å². The minimum Gasteiger partial charge on any atom is -0.316 e. The van der Waals surface area contributed by atoms with Gasteiger partial charge in [0.25, 0.3) is 0 Å². The number of nitrogens with two attached hydrogens (primary N) is 1. The van der Waals surface area contributed by atoms with E-state index in [9.17, 15) is 4.79 Å². The van der Waals surface area contributed by atoms with E-state index < -0.39 is 6.04 Å². The lowest BCUT2D eigenvalue weighted by Crippen LogP contribution is -2.34. The second kappa shape index (κ2) is 3.91. The number of hydrogen-bond donors (Lipinski definition) is 1. The second-order valence-electron chi connectivity index (χ2n) is 4.88. The fourth-order valence-electron chi connectivity index (χ4n) is 2.14. The number of anilines is 1. The Hall–Kier alpha value is -1.35.